The number of thioether (sulfide) groups is 1. The minimum absolute atomic E-state index is 0. The quantitative estimate of drug-likeness (QED) is 0.778. The summed E-state index contributed by atoms with van der Waals surface area (Å²) in [6.45, 7) is 4.50. The largest absolute Gasteiger partial charge is 0.348 e. The summed E-state index contributed by atoms with van der Waals surface area (Å²) in [7, 11) is 0. The zero-order valence-electron chi connectivity index (χ0n) is 9.58. The number of hydrogen-bond acceptors (Lipinski definition) is 3. The summed E-state index contributed by atoms with van der Waals surface area (Å²) in [4.78, 5) is 11.7. The van der Waals surface area contributed by atoms with Crippen molar-refractivity contribution >= 4 is 30.1 Å². The number of hydrogen-bond donors (Lipinski definition) is 2. The Labute approximate surface area is 102 Å². The molecule has 2 unspecified atom stereocenters. The molecule has 0 radical (unpaired) electrons. The van der Waals surface area contributed by atoms with Gasteiger partial charge in [0, 0.05) is 6.54 Å². The number of carbonyl (C=O) groups excluding carboxylic acids is 1. The van der Waals surface area contributed by atoms with Crippen molar-refractivity contribution in [2.45, 2.75) is 37.5 Å². The van der Waals surface area contributed by atoms with Crippen LogP contribution in [-0.2, 0) is 4.79 Å². The van der Waals surface area contributed by atoms with Crippen LogP contribution in [0, 0.1) is 5.92 Å². The highest BCUT2D eigenvalue weighted by molar-refractivity contribution is 7.99. The molecule has 0 heterocycles. The van der Waals surface area contributed by atoms with Crippen molar-refractivity contribution < 1.29 is 4.79 Å². The lowest BCUT2D eigenvalue weighted by Crippen LogP contribution is -2.54. The SMILES string of the molecule is CSC(C)C(=O)NC(C)(CN)C1CC1.Cl. The summed E-state index contributed by atoms with van der Waals surface area (Å²) < 4.78 is 0. The van der Waals surface area contributed by atoms with Crippen LogP contribution >= 0.6 is 24.2 Å². The molecular weight excluding hydrogens is 232 g/mol. The van der Waals surface area contributed by atoms with Crippen molar-refractivity contribution in [1.82, 2.24) is 5.32 Å². The lowest BCUT2D eigenvalue weighted by molar-refractivity contribution is -0.122. The third-order valence-corrected chi connectivity index (χ3v) is 3.96. The van der Waals surface area contributed by atoms with E-state index in [1.807, 2.05) is 13.2 Å². The topological polar surface area (TPSA) is 55.1 Å². The molecule has 1 aliphatic rings. The lowest BCUT2D eigenvalue weighted by Gasteiger charge is -2.30. The van der Waals surface area contributed by atoms with E-state index in [0.717, 1.165) is 0 Å². The van der Waals surface area contributed by atoms with Crippen molar-refractivity contribution in [3.05, 3.63) is 0 Å². The van der Waals surface area contributed by atoms with E-state index in [2.05, 4.69) is 12.2 Å². The number of halogens is 1. The second-order valence-electron chi connectivity index (χ2n) is 4.26. The van der Waals surface area contributed by atoms with Gasteiger partial charge in [-0.3, -0.25) is 4.79 Å². The van der Waals surface area contributed by atoms with Crippen LogP contribution < -0.4 is 11.1 Å². The highest BCUT2D eigenvalue weighted by Gasteiger charge is 2.41. The molecule has 1 amide bonds. The van der Waals surface area contributed by atoms with Gasteiger partial charge in [-0.2, -0.15) is 11.8 Å². The molecule has 1 fully saturated rings. The second kappa shape index (κ2) is 5.97. The van der Waals surface area contributed by atoms with E-state index < -0.39 is 0 Å². The Balaban J connectivity index is 0.00000196. The van der Waals surface area contributed by atoms with Crippen molar-refractivity contribution in [2.24, 2.45) is 11.7 Å². The van der Waals surface area contributed by atoms with E-state index in [0.29, 0.717) is 12.5 Å². The van der Waals surface area contributed by atoms with Crippen molar-refractivity contribution in [3.63, 3.8) is 0 Å². The lowest BCUT2D eigenvalue weighted by atomic mass is 9.96. The Morgan fingerprint density at radius 1 is 1.67 bits per heavy atom. The summed E-state index contributed by atoms with van der Waals surface area (Å²) >= 11 is 1.56. The normalized spacial score (nSPS) is 21.1. The molecule has 5 heteroatoms. The van der Waals surface area contributed by atoms with E-state index in [1.54, 1.807) is 11.8 Å². The van der Waals surface area contributed by atoms with Crippen molar-refractivity contribution in [3.8, 4) is 0 Å². The Morgan fingerprint density at radius 3 is 2.53 bits per heavy atom. The van der Waals surface area contributed by atoms with Crippen molar-refractivity contribution in [1.29, 1.82) is 0 Å². The summed E-state index contributed by atoms with van der Waals surface area (Å²) in [6, 6.07) is 0. The molecule has 90 valence electrons. The standard InChI is InChI=1S/C10H20N2OS.ClH/c1-7(14-3)9(13)12-10(2,6-11)8-4-5-8;/h7-8H,4-6,11H2,1-3H3,(H,12,13);1H. The zero-order chi connectivity index (χ0) is 10.8. The molecule has 3 nitrogen and oxygen atoms in total. The van der Waals surface area contributed by atoms with Gasteiger partial charge in [0.1, 0.15) is 0 Å². The first-order valence-electron chi connectivity index (χ1n) is 5.08. The van der Waals surface area contributed by atoms with Gasteiger partial charge < -0.3 is 11.1 Å². The van der Waals surface area contributed by atoms with Crippen LogP contribution in [0.3, 0.4) is 0 Å². The van der Waals surface area contributed by atoms with Crippen LogP contribution in [0.4, 0.5) is 0 Å². The first-order chi connectivity index (χ1) is 6.53. The first kappa shape index (κ1) is 15.1. The summed E-state index contributed by atoms with van der Waals surface area (Å²) in [5.74, 6) is 0.697. The van der Waals surface area contributed by atoms with Gasteiger partial charge in [0.15, 0.2) is 0 Å². The molecule has 0 aromatic heterocycles. The van der Waals surface area contributed by atoms with Crippen LogP contribution in [0.15, 0.2) is 0 Å². The Morgan fingerprint density at radius 2 is 2.20 bits per heavy atom. The third-order valence-electron chi connectivity index (χ3n) is 3.03. The second-order valence-corrected chi connectivity index (χ2v) is 5.44. The highest BCUT2D eigenvalue weighted by atomic mass is 35.5. The van der Waals surface area contributed by atoms with Gasteiger partial charge in [-0.25, -0.2) is 0 Å². The Kier molecular flexibility index (Phi) is 5.99. The van der Waals surface area contributed by atoms with E-state index in [9.17, 15) is 4.79 Å². The predicted octanol–water partition coefficient (Wildman–Crippen LogP) is 1.40. The molecule has 0 spiro atoms. The van der Waals surface area contributed by atoms with E-state index >= 15 is 0 Å². The zero-order valence-corrected chi connectivity index (χ0v) is 11.2. The van der Waals surface area contributed by atoms with E-state index in [-0.39, 0.29) is 29.1 Å². The Bertz CT molecular complexity index is 223. The smallest absolute Gasteiger partial charge is 0.233 e. The minimum Gasteiger partial charge on any atom is -0.348 e. The van der Waals surface area contributed by atoms with E-state index in [1.165, 1.54) is 12.8 Å². The molecule has 0 saturated heterocycles. The number of amides is 1. The van der Waals surface area contributed by atoms with Gasteiger partial charge in [-0.05, 0) is 38.9 Å². The molecule has 0 bridgehead atoms. The van der Waals surface area contributed by atoms with Gasteiger partial charge in [0.05, 0.1) is 10.8 Å². The molecule has 3 N–H and O–H groups in total. The maximum absolute atomic E-state index is 11.7. The van der Waals surface area contributed by atoms with Crippen LogP contribution in [0.2, 0.25) is 0 Å². The van der Waals surface area contributed by atoms with Gasteiger partial charge in [-0.1, -0.05) is 0 Å². The molecule has 1 rings (SSSR count). The first-order valence-corrected chi connectivity index (χ1v) is 6.37. The fourth-order valence-corrected chi connectivity index (χ4v) is 1.80. The highest BCUT2D eigenvalue weighted by Crippen LogP contribution is 2.39. The average Bonchev–Trinajstić information content (AvgIpc) is 2.99. The maximum Gasteiger partial charge on any atom is 0.233 e. The van der Waals surface area contributed by atoms with Gasteiger partial charge >= 0.3 is 0 Å². The van der Waals surface area contributed by atoms with Crippen LogP contribution in [0.25, 0.3) is 0 Å². The molecule has 1 saturated carbocycles. The molecule has 0 aromatic carbocycles. The monoisotopic (exact) mass is 252 g/mol. The number of nitrogens with two attached hydrogens (primary N) is 1. The summed E-state index contributed by atoms with van der Waals surface area (Å²) in [5.41, 5.74) is 5.54. The number of nitrogens with one attached hydrogen (secondary N) is 1. The van der Waals surface area contributed by atoms with Crippen molar-refractivity contribution in [2.75, 3.05) is 12.8 Å². The van der Waals surface area contributed by atoms with E-state index in [4.69, 9.17) is 5.73 Å². The van der Waals surface area contributed by atoms with Gasteiger partial charge in [0.2, 0.25) is 5.91 Å². The van der Waals surface area contributed by atoms with Crippen LogP contribution in [-0.4, -0.2) is 29.5 Å². The van der Waals surface area contributed by atoms with Crippen LogP contribution in [0.1, 0.15) is 26.7 Å². The molecule has 1 aliphatic carbocycles. The fourth-order valence-electron chi connectivity index (χ4n) is 1.53. The maximum atomic E-state index is 11.7. The molecule has 0 aromatic rings. The number of rotatable bonds is 5. The third kappa shape index (κ3) is 3.85. The summed E-state index contributed by atoms with van der Waals surface area (Å²) in [6.07, 6.45) is 4.34. The van der Waals surface area contributed by atoms with Gasteiger partial charge in [0.25, 0.3) is 0 Å². The molecule has 2 atom stereocenters. The fraction of sp³-hybridized carbons (Fsp3) is 0.900. The molecular formula is C10H21ClN2OS. The summed E-state index contributed by atoms with van der Waals surface area (Å²) in [5, 5.41) is 3.08. The minimum atomic E-state index is -0.179. The Hall–Kier alpha value is 0.0700. The predicted molar refractivity (Wildman–Crippen MR) is 68.6 cm³/mol. The van der Waals surface area contributed by atoms with Crippen LogP contribution in [0.5, 0.6) is 0 Å². The number of carbonyl (C=O) groups is 1. The molecule has 15 heavy (non-hydrogen) atoms. The average molecular weight is 253 g/mol. The molecule has 0 aliphatic heterocycles. The van der Waals surface area contributed by atoms with Gasteiger partial charge in [-0.15, -0.1) is 12.4 Å².